The summed E-state index contributed by atoms with van der Waals surface area (Å²) in [5, 5.41) is 12.9. The van der Waals surface area contributed by atoms with Crippen molar-refractivity contribution in [1.82, 2.24) is 19.8 Å². The molecule has 0 bridgehead atoms. The molecule has 2 aliphatic carbocycles. The number of nitrogens with two attached hydrogens (primary N) is 1. The van der Waals surface area contributed by atoms with E-state index < -0.39 is 0 Å². The molecule has 57 heavy (non-hydrogen) atoms. The minimum Gasteiger partial charge on any atom is -0.323 e. The van der Waals surface area contributed by atoms with Gasteiger partial charge in [-0.2, -0.15) is 0 Å². The van der Waals surface area contributed by atoms with E-state index in [-0.39, 0.29) is 18.5 Å². The van der Waals surface area contributed by atoms with Gasteiger partial charge < -0.3 is 14.9 Å². The molecule has 6 aromatic carbocycles. The Kier molecular flexibility index (Phi) is 9.27. The van der Waals surface area contributed by atoms with Crippen LogP contribution >= 0.6 is 0 Å². The molecule has 0 radical (unpaired) electrons. The third kappa shape index (κ3) is 6.44. The molecule has 3 unspecified atom stereocenters. The Morgan fingerprint density at radius 1 is 0.579 bits per heavy atom. The third-order valence-electron chi connectivity index (χ3n) is 12.0. The smallest absolute Gasteiger partial charge is 0.0832 e. The third-order valence-corrected chi connectivity index (χ3v) is 12.0. The second-order valence-corrected chi connectivity index (χ2v) is 15.4. The Bertz CT molecular complexity index is 2870. The summed E-state index contributed by atoms with van der Waals surface area (Å²) < 4.78 is 4.96. The lowest BCUT2D eigenvalue weighted by Gasteiger charge is -2.32. The van der Waals surface area contributed by atoms with Gasteiger partial charge in [0.25, 0.3) is 0 Å². The first kappa shape index (κ1) is 35.2. The van der Waals surface area contributed by atoms with Crippen LogP contribution in [-0.4, -0.2) is 15.3 Å². The maximum Gasteiger partial charge on any atom is 0.0832 e. The second kappa shape index (κ2) is 15.0. The standard InChI is InChI=1S/C52H47N5/c1-35(56-47-23-13-11-21-43(47)45-33-34-46-44-22-12-14-24-48(44)57(50(46)49(45)56)42-19-9-4-10-20-42)54-52(41-31-27-39(28-32-41)37-17-7-3-8-18-37)55-51(53)40-29-25-38(26-30-40)36-15-5-2-6-16-36/h2,4-7,9-27,29-31,33-35,51-52,54-55H,3,8,28,32,53H2,1H3. The van der Waals surface area contributed by atoms with Crippen LogP contribution in [0.25, 0.3) is 60.4 Å². The lowest BCUT2D eigenvalue weighted by atomic mass is 9.89. The van der Waals surface area contributed by atoms with Gasteiger partial charge in [-0.3, -0.25) is 10.6 Å². The van der Waals surface area contributed by atoms with Gasteiger partial charge in [0.1, 0.15) is 0 Å². The van der Waals surface area contributed by atoms with Crippen molar-refractivity contribution in [2.24, 2.45) is 5.73 Å². The van der Waals surface area contributed by atoms with Crippen molar-refractivity contribution < 1.29 is 0 Å². The highest BCUT2D eigenvalue weighted by Crippen LogP contribution is 2.41. The van der Waals surface area contributed by atoms with Gasteiger partial charge in [-0.15, -0.1) is 0 Å². The van der Waals surface area contributed by atoms with E-state index in [2.05, 4.69) is 203 Å². The van der Waals surface area contributed by atoms with Crippen LogP contribution in [0.2, 0.25) is 0 Å². The van der Waals surface area contributed by atoms with E-state index in [4.69, 9.17) is 5.73 Å². The number of allylic oxidation sites excluding steroid dienone is 7. The van der Waals surface area contributed by atoms with Crippen molar-refractivity contribution >= 4 is 43.6 Å². The van der Waals surface area contributed by atoms with Crippen LogP contribution in [0, 0.1) is 0 Å². The number of rotatable bonds is 10. The fourth-order valence-electron chi connectivity index (χ4n) is 9.13. The van der Waals surface area contributed by atoms with Crippen molar-refractivity contribution in [3.05, 3.63) is 198 Å². The molecule has 2 aliphatic rings. The fraction of sp³-hybridized carbons (Fsp3) is 0.154. The minimum absolute atomic E-state index is 0.111. The zero-order valence-electron chi connectivity index (χ0n) is 32.3. The number of hydrogen-bond donors (Lipinski definition) is 3. The first-order valence-corrected chi connectivity index (χ1v) is 20.3. The van der Waals surface area contributed by atoms with E-state index in [1.165, 1.54) is 71.5 Å². The normalized spacial score (nSPS) is 16.1. The summed E-state index contributed by atoms with van der Waals surface area (Å²) in [6.45, 7) is 2.29. The molecule has 2 heterocycles. The van der Waals surface area contributed by atoms with Gasteiger partial charge in [0.2, 0.25) is 0 Å². The van der Waals surface area contributed by atoms with E-state index in [9.17, 15) is 0 Å². The van der Waals surface area contributed by atoms with Crippen molar-refractivity contribution in [3.63, 3.8) is 0 Å². The van der Waals surface area contributed by atoms with Crippen LogP contribution in [0.15, 0.2) is 193 Å². The number of benzene rings is 6. The second-order valence-electron chi connectivity index (χ2n) is 15.4. The van der Waals surface area contributed by atoms with E-state index in [1.54, 1.807) is 0 Å². The van der Waals surface area contributed by atoms with Crippen LogP contribution in [0.5, 0.6) is 0 Å². The monoisotopic (exact) mass is 741 g/mol. The molecular formula is C52H47N5. The molecule has 5 heteroatoms. The molecule has 0 amide bonds. The molecule has 0 fully saturated rings. The summed E-state index contributed by atoms with van der Waals surface area (Å²) in [5.41, 5.74) is 20.5. The average molecular weight is 742 g/mol. The Labute approximate surface area is 334 Å². The molecule has 0 aliphatic heterocycles. The van der Waals surface area contributed by atoms with Crippen LogP contribution in [0.4, 0.5) is 0 Å². The molecule has 0 saturated heterocycles. The summed E-state index contributed by atoms with van der Waals surface area (Å²) >= 11 is 0. The summed E-state index contributed by atoms with van der Waals surface area (Å²) in [6.07, 6.45) is 15.1. The lowest BCUT2D eigenvalue weighted by Crippen LogP contribution is -2.49. The zero-order chi connectivity index (χ0) is 38.3. The minimum atomic E-state index is -0.389. The predicted octanol–water partition coefficient (Wildman–Crippen LogP) is 12.2. The van der Waals surface area contributed by atoms with Crippen molar-refractivity contribution in [2.45, 2.75) is 51.1 Å². The molecule has 280 valence electrons. The molecule has 4 N–H and O–H groups in total. The molecule has 2 aromatic heterocycles. The SMILES string of the molecule is CC(NC(NC(N)c1ccc(-c2ccccc2)cc1)C1=CC=C(C2=CCCC=C2)CC1)n1c2ccccc2c2ccc3c4ccccc4n(-c4ccccc4)c3c21. The molecule has 0 spiro atoms. The topological polar surface area (TPSA) is 59.9 Å². The van der Waals surface area contributed by atoms with Crippen molar-refractivity contribution in [1.29, 1.82) is 0 Å². The first-order chi connectivity index (χ1) is 28.1. The van der Waals surface area contributed by atoms with Gasteiger partial charge in [0, 0.05) is 27.2 Å². The summed E-state index contributed by atoms with van der Waals surface area (Å²) in [7, 11) is 0. The van der Waals surface area contributed by atoms with E-state index in [0.717, 1.165) is 36.9 Å². The van der Waals surface area contributed by atoms with Crippen LogP contribution in [-0.2, 0) is 0 Å². The number of aromatic nitrogens is 2. The largest absolute Gasteiger partial charge is 0.323 e. The van der Waals surface area contributed by atoms with Gasteiger partial charge in [0.05, 0.1) is 40.6 Å². The van der Waals surface area contributed by atoms with E-state index in [0.29, 0.717) is 0 Å². The van der Waals surface area contributed by atoms with Crippen molar-refractivity contribution in [3.8, 4) is 16.8 Å². The summed E-state index contributed by atoms with van der Waals surface area (Å²) in [4.78, 5) is 0. The Balaban J connectivity index is 1.09. The quantitative estimate of drug-likeness (QED) is 0.122. The van der Waals surface area contributed by atoms with Crippen molar-refractivity contribution in [2.75, 3.05) is 0 Å². The van der Waals surface area contributed by atoms with Crippen LogP contribution in [0.3, 0.4) is 0 Å². The van der Waals surface area contributed by atoms with Gasteiger partial charge >= 0.3 is 0 Å². The molecule has 0 saturated carbocycles. The van der Waals surface area contributed by atoms with Gasteiger partial charge in [-0.1, -0.05) is 152 Å². The van der Waals surface area contributed by atoms with Crippen LogP contribution in [0.1, 0.15) is 50.5 Å². The molecular weight excluding hydrogens is 695 g/mol. The highest BCUT2D eigenvalue weighted by Gasteiger charge is 2.26. The average Bonchev–Trinajstić information content (AvgIpc) is 3.80. The molecule has 8 aromatic rings. The maximum absolute atomic E-state index is 7.09. The number of fused-ring (bicyclic) bond motifs is 7. The molecule has 3 atom stereocenters. The fourth-order valence-corrected chi connectivity index (χ4v) is 9.13. The Morgan fingerprint density at radius 2 is 1.23 bits per heavy atom. The summed E-state index contributed by atoms with van der Waals surface area (Å²) in [6, 6.07) is 52.2. The molecule has 10 rings (SSSR count). The number of para-hydroxylation sites is 3. The number of nitrogens with one attached hydrogen (secondary N) is 2. The zero-order valence-corrected chi connectivity index (χ0v) is 32.3. The maximum atomic E-state index is 7.09. The predicted molar refractivity (Wildman–Crippen MR) is 239 cm³/mol. The Morgan fingerprint density at radius 3 is 1.93 bits per heavy atom. The van der Waals surface area contributed by atoms with Gasteiger partial charge in [-0.05, 0) is 90.3 Å². The number of nitrogens with zero attached hydrogens (tertiary/aromatic N) is 2. The summed E-state index contributed by atoms with van der Waals surface area (Å²) in [5.74, 6) is 0. The van der Waals surface area contributed by atoms with E-state index >= 15 is 0 Å². The Hall–Kier alpha value is -6.24. The van der Waals surface area contributed by atoms with E-state index in [1.807, 2.05) is 0 Å². The molecule has 5 nitrogen and oxygen atoms in total. The number of hydrogen-bond acceptors (Lipinski definition) is 3. The highest BCUT2D eigenvalue weighted by atomic mass is 15.3. The van der Waals surface area contributed by atoms with Crippen LogP contribution < -0.4 is 16.4 Å². The first-order valence-electron chi connectivity index (χ1n) is 20.3. The lowest BCUT2D eigenvalue weighted by molar-refractivity contribution is 0.337. The van der Waals surface area contributed by atoms with Gasteiger partial charge in [-0.25, -0.2) is 0 Å². The van der Waals surface area contributed by atoms with Gasteiger partial charge in [0.15, 0.2) is 0 Å². The highest BCUT2D eigenvalue weighted by molar-refractivity contribution is 6.23.